The molecule has 0 fully saturated rings. The van der Waals surface area contributed by atoms with E-state index in [1.165, 1.54) is 83.1 Å². The molecule has 0 radical (unpaired) electrons. The van der Waals surface area contributed by atoms with Gasteiger partial charge in [0, 0.05) is 16.3 Å². The van der Waals surface area contributed by atoms with Gasteiger partial charge in [-0.3, -0.25) is 0 Å². The van der Waals surface area contributed by atoms with E-state index in [2.05, 4.69) is 13.8 Å². The second kappa shape index (κ2) is 18.1. The molecule has 0 bridgehead atoms. The molecule has 0 saturated carbocycles. The fourth-order valence-corrected chi connectivity index (χ4v) is 4.38. The van der Waals surface area contributed by atoms with Crippen molar-refractivity contribution in [1.29, 1.82) is 0 Å². The molecule has 34 heavy (non-hydrogen) atoms. The average molecular weight is 479 g/mol. The topological polar surface area (TPSA) is 69.6 Å². The molecule has 0 aromatic heterocycles. The van der Waals surface area contributed by atoms with Crippen LogP contribution in [0.25, 0.3) is 10.8 Å². The number of unbranched alkanes of at least 4 members (excludes halogenated alkanes) is 12. The fraction of sp³-hybridized carbons (Fsp3) is 0.621. The van der Waals surface area contributed by atoms with Gasteiger partial charge >= 0.3 is 29.6 Å². The van der Waals surface area contributed by atoms with E-state index >= 15 is 0 Å². The first-order valence-corrected chi connectivity index (χ1v) is 13.1. The van der Waals surface area contributed by atoms with E-state index in [0.29, 0.717) is 17.7 Å². The minimum absolute atomic E-state index is 0. The predicted molar refractivity (Wildman–Crippen MR) is 135 cm³/mol. The third-order valence-corrected chi connectivity index (χ3v) is 6.38. The van der Waals surface area contributed by atoms with E-state index in [1.54, 1.807) is 12.1 Å². The first kappa shape index (κ1) is 30.8. The summed E-state index contributed by atoms with van der Waals surface area (Å²) in [5.41, 5.74) is -0.227. The first-order valence-electron chi connectivity index (χ1n) is 13.1. The minimum atomic E-state index is -1.40. The summed E-state index contributed by atoms with van der Waals surface area (Å²) in [6, 6.07) is 8.51. The van der Waals surface area contributed by atoms with Gasteiger partial charge in [0.2, 0.25) is 0 Å². The Balaban J connectivity index is 0.00000578. The minimum Gasteiger partial charge on any atom is -0.545 e. The van der Waals surface area contributed by atoms with E-state index in [-0.39, 0.29) is 40.9 Å². The maximum atomic E-state index is 11.3. The zero-order chi connectivity index (χ0) is 23.9. The number of hydrogen-bond donors (Lipinski definition) is 1. The molecule has 1 N–H and O–H groups in total. The van der Waals surface area contributed by atoms with Crippen molar-refractivity contribution in [3.05, 3.63) is 35.9 Å². The van der Waals surface area contributed by atoms with Crippen LogP contribution in [0.4, 0.5) is 0 Å². The standard InChI is InChI=1S/C29H44O4.Na/c1-23(2)18-14-12-10-8-6-4-3-5-7-9-11-13-17-21-33-27-22-26(29(31)32)28(30)25-20-16-15-19-24(25)27;/h15-16,19-20,22-23,30H,3-14,17-18,21H2,1-2H3,(H,31,32);/q;+1/p-1. The largest absolute Gasteiger partial charge is 1.00 e. The monoisotopic (exact) mass is 478 g/mol. The van der Waals surface area contributed by atoms with Gasteiger partial charge in [-0.25, -0.2) is 0 Å². The Bertz CT molecular complexity index is 834. The Morgan fingerprint density at radius 2 is 1.29 bits per heavy atom. The number of carbonyl (C=O) groups excluding carboxylic acids is 1. The number of aromatic hydroxyl groups is 1. The molecule has 4 nitrogen and oxygen atoms in total. The molecule has 184 valence electrons. The van der Waals surface area contributed by atoms with Gasteiger partial charge in [-0.15, -0.1) is 0 Å². The fourth-order valence-electron chi connectivity index (χ4n) is 4.38. The van der Waals surface area contributed by atoms with Crippen molar-refractivity contribution in [2.24, 2.45) is 5.92 Å². The van der Waals surface area contributed by atoms with E-state index in [0.717, 1.165) is 24.1 Å². The van der Waals surface area contributed by atoms with Crippen LogP contribution in [0.2, 0.25) is 0 Å². The Morgan fingerprint density at radius 1 is 0.824 bits per heavy atom. The molecule has 0 unspecified atom stereocenters. The van der Waals surface area contributed by atoms with Crippen LogP contribution < -0.4 is 39.4 Å². The molecule has 5 heteroatoms. The van der Waals surface area contributed by atoms with Gasteiger partial charge in [0.05, 0.1) is 12.6 Å². The third kappa shape index (κ3) is 11.5. The molecule has 0 heterocycles. The van der Waals surface area contributed by atoms with Crippen molar-refractivity contribution in [1.82, 2.24) is 0 Å². The van der Waals surface area contributed by atoms with Crippen LogP contribution in [-0.4, -0.2) is 17.7 Å². The second-order valence-electron chi connectivity index (χ2n) is 9.73. The third-order valence-electron chi connectivity index (χ3n) is 6.38. The van der Waals surface area contributed by atoms with Crippen molar-refractivity contribution in [3.8, 4) is 11.5 Å². The SMILES string of the molecule is CC(C)CCCCCCCCCCCCCCCOc1cc(C(=O)[O-])c(O)c2ccccc12.[Na+]. The summed E-state index contributed by atoms with van der Waals surface area (Å²) in [5.74, 6) is -0.325. The molecule has 0 amide bonds. The van der Waals surface area contributed by atoms with Crippen LogP contribution in [0.1, 0.15) is 114 Å². The van der Waals surface area contributed by atoms with E-state index in [1.807, 2.05) is 12.1 Å². The van der Waals surface area contributed by atoms with Gasteiger partial charge in [-0.05, 0) is 18.4 Å². The molecule has 2 aromatic rings. The molecule has 0 saturated heterocycles. The van der Waals surface area contributed by atoms with Crippen molar-refractivity contribution in [2.45, 2.75) is 104 Å². The van der Waals surface area contributed by atoms with Crippen LogP contribution in [0.15, 0.2) is 30.3 Å². The number of rotatable bonds is 18. The van der Waals surface area contributed by atoms with Crippen LogP contribution in [0.3, 0.4) is 0 Å². The van der Waals surface area contributed by atoms with Crippen LogP contribution in [0, 0.1) is 5.92 Å². The van der Waals surface area contributed by atoms with Crippen LogP contribution >= 0.6 is 0 Å². The normalized spacial score (nSPS) is 11.0. The van der Waals surface area contributed by atoms with Crippen LogP contribution in [-0.2, 0) is 0 Å². The smallest absolute Gasteiger partial charge is 0.545 e. The van der Waals surface area contributed by atoms with Crippen LogP contribution in [0.5, 0.6) is 11.5 Å². The number of benzene rings is 2. The number of ether oxygens (including phenoxy) is 1. The summed E-state index contributed by atoms with van der Waals surface area (Å²) in [6.07, 6.45) is 18.3. The molecule has 0 spiro atoms. The summed E-state index contributed by atoms with van der Waals surface area (Å²) < 4.78 is 5.88. The van der Waals surface area contributed by atoms with Gasteiger partial charge in [-0.1, -0.05) is 122 Å². The zero-order valence-electron chi connectivity index (χ0n) is 21.7. The second-order valence-corrected chi connectivity index (χ2v) is 9.73. The van der Waals surface area contributed by atoms with Gasteiger partial charge in [0.1, 0.15) is 11.5 Å². The molecule has 0 aliphatic heterocycles. The Labute approximate surface area is 228 Å². The maximum absolute atomic E-state index is 11.3. The van der Waals surface area contributed by atoms with Crippen molar-refractivity contribution in [3.63, 3.8) is 0 Å². The molecule has 0 aliphatic carbocycles. The van der Waals surface area contributed by atoms with Gasteiger partial charge in [0.15, 0.2) is 0 Å². The summed E-state index contributed by atoms with van der Waals surface area (Å²) in [4.78, 5) is 11.3. The number of carboxylic acids is 1. The Kier molecular flexibility index (Phi) is 16.4. The number of phenols is 1. The molecule has 2 rings (SSSR count). The Hall–Kier alpha value is -1.23. The molecule has 0 atom stereocenters. The Morgan fingerprint density at radius 3 is 1.79 bits per heavy atom. The van der Waals surface area contributed by atoms with Crippen molar-refractivity contribution in [2.75, 3.05) is 6.61 Å². The number of carboxylic acid groups (broad SMARTS) is 1. The van der Waals surface area contributed by atoms with Crippen molar-refractivity contribution < 1.29 is 49.3 Å². The summed E-state index contributed by atoms with van der Waals surface area (Å²) in [6.45, 7) is 5.16. The number of carbonyl (C=O) groups is 1. The zero-order valence-corrected chi connectivity index (χ0v) is 23.7. The molecular weight excluding hydrogens is 435 g/mol. The quantitative estimate of drug-likeness (QED) is 0.255. The molecular formula is C29H43NaO4. The van der Waals surface area contributed by atoms with Gasteiger partial charge in [0.25, 0.3) is 0 Å². The molecule has 2 aromatic carbocycles. The van der Waals surface area contributed by atoms with Crippen molar-refractivity contribution >= 4 is 16.7 Å². The summed E-state index contributed by atoms with van der Waals surface area (Å²) in [7, 11) is 0. The average Bonchev–Trinajstić information content (AvgIpc) is 2.79. The van der Waals surface area contributed by atoms with E-state index < -0.39 is 5.97 Å². The van der Waals surface area contributed by atoms with E-state index in [4.69, 9.17) is 4.74 Å². The number of fused-ring (bicyclic) bond motifs is 1. The van der Waals surface area contributed by atoms with E-state index in [9.17, 15) is 15.0 Å². The summed E-state index contributed by atoms with van der Waals surface area (Å²) >= 11 is 0. The number of hydrogen-bond acceptors (Lipinski definition) is 4. The van der Waals surface area contributed by atoms with Gasteiger partial charge < -0.3 is 19.7 Å². The maximum Gasteiger partial charge on any atom is 1.00 e. The predicted octanol–water partition coefficient (Wildman–Crippen LogP) is 4.41. The first-order chi connectivity index (χ1) is 16.0. The molecule has 0 aliphatic rings. The van der Waals surface area contributed by atoms with Gasteiger partial charge in [-0.2, -0.15) is 0 Å². The number of aromatic carboxylic acids is 1. The summed E-state index contributed by atoms with van der Waals surface area (Å²) in [5, 5.41) is 22.7.